The second kappa shape index (κ2) is 7.46. The minimum absolute atomic E-state index is 0.0341. The number of thioether (sulfide) groups is 1. The van der Waals surface area contributed by atoms with Gasteiger partial charge in [-0.1, -0.05) is 41.6 Å². The van der Waals surface area contributed by atoms with Gasteiger partial charge in [0.15, 0.2) is 16.7 Å². The van der Waals surface area contributed by atoms with E-state index in [0.29, 0.717) is 10.2 Å². The van der Waals surface area contributed by atoms with Crippen molar-refractivity contribution in [1.82, 2.24) is 14.8 Å². The van der Waals surface area contributed by atoms with Gasteiger partial charge in [0.05, 0.1) is 11.4 Å². The maximum atomic E-state index is 13.5. The Labute approximate surface area is 146 Å². The molecule has 0 aliphatic heterocycles. The van der Waals surface area contributed by atoms with Gasteiger partial charge in [-0.3, -0.25) is 9.36 Å². The van der Waals surface area contributed by atoms with E-state index in [-0.39, 0.29) is 11.5 Å². The van der Waals surface area contributed by atoms with Crippen LogP contribution in [0.25, 0.3) is 5.69 Å². The Bertz CT molecular complexity index is 872. The lowest BCUT2D eigenvalue weighted by atomic mass is 10.3. The molecule has 0 aliphatic carbocycles. The normalized spacial score (nSPS) is 10.6. The number of esters is 1. The third-order valence-electron chi connectivity index (χ3n) is 2.98. The Kier molecular flexibility index (Phi) is 5.12. The first kappa shape index (κ1) is 16.5. The van der Waals surface area contributed by atoms with Crippen molar-refractivity contribution < 1.29 is 13.9 Å². The molecule has 24 heavy (non-hydrogen) atoms. The van der Waals surface area contributed by atoms with Gasteiger partial charge >= 0.3 is 5.97 Å². The van der Waals surface area contributed by atoms with E-state index in [1.54, 1.807) is 28.8 Å². The van der Waals surface area contributed by atoms with E-state index < -0.39 is 11.8 Å². The van der Waals surface area contributed by atoms with Gasteiger partial charge in [0, 0.05) is 5.02 Å². The van der Waals surface area contributed by atoms with E-state index in [4.69, 9.17) is 16.3 Å². The van der Waals surface area contributed by atoms with Crippen LogP contribution in [0.3, 0.4) is 0 Å². The molecule has 5 nitrogen and oxygen atoms in total. The van der Waals surface area contributed by atoms with Gasteiger partial charge in [0.1, 0.15) is 6.33 Å². The largest absolute Gasteiger partial charge is 0.423 e. The van der Waals surface area contributed by atoms with Gasteiger partial charge in [0.2, 0.25) is 0 Å². The zero-order chi connectivity index (χ0) is 16.9. The number of benzene rings is 2. The number of hydrogen-bond acceptors (Lipinski definition) is 5. The van der Waals surface area contributed by atoms with E-state index in [1.165, 1.54) is 24.5 Å². The average molecular weight is 364 g/mol. The zero-order valence-electron chi connectivity index (χ0n) is 12.2. The molecular formula is C16H11ClFN3O2S. The Hall–Kier alpha value is -2.38. The van der Waals surface area contributed by atoms with E-state index in [9.17, 15) is 9.18 Å². The second-order valence-corrected chi connectivity index (χ2v) is 6.04. The molecule has 2 aromatic carbocycles. The van der Waals surface area contributed by atoms with Crippen LogP contribution in [0, 0.1) is 5.82 Å². The van der Waals surface area contributed by atoms with E-state index in [2.05, 4.69) is 10.2 Å². The van der Waals surface area contributed by atoms with E-state index in [1.807, 2.05) is 6.07 Å². The average Bonchev–Trinajstić information content (AvgIpc) is 3.04. The summed E-state index contributed by atoms with van der Waals surface area (Å²) in [7, 11) is 0. The number of aromatic nitrogens is 3. The molecule has 122 valence electrons. The van der Waals surface area contributed by atoms with Crippen molar-refractivity contribution in [3.63, 3.8) is 0 Å². The van der Waals surface area contributed by atoms with Crippen molar-refractivity contribution in [3.05, 3.63) is 65.7 Å². The van der Waals surface area contributed by atoms with Gasteiger partial charge in [-0.25, -0.2) is 4.39 Å². The smallest absolute Gasteiger partial charge is 0.321 e. The van der Waals surface area contributed by atoms with Crippen molar-refractivity contribution in [2.24, 2.45) is 0 Å². The predicted molar refractivity (Wildman–Crippen MR) is 89.1 cm³/mol. The summed E-state index contributed by atoms with van der Waals surface area (Å²) < 4.78 is 20.2. The molecule has 0 atom stereocenters. The molecule has 3 aromatic rings. The molecule has 0 unspecified atom stereocenters. The van der Waals surface area contributed by atoms with Crippen molar-refractivity contribution in [2.75, 3.05) is 5.75 Å². The summed E-state index contributed by atoms with van der Waals surface area (Å²) in [5, 5.41) is 8.89. The summed E-state index contributed by atoms with van der Waals surface area (Å²) in [5.74, 6) is -1.30. The minimum Gasteiger partial charge on any atom is -0.423 e. The maximum Gasteiger partial charge on any atom is 0.321 e. The first-order valence-electron chi connectivity index (χ1n) is 6.87. The highest BCUT2D eigenvalue weighted by Crippen LogP contribution is 2.22. The quantitative estimate of drug-likeness (QED) is 0.392. The molecule has 0 spiro atoms. The molecule has 0 radical (unpaired) electrons. The number of halogens is 2. The molecule has 8 heteroatoms. The molecule has 0 amide bonds. The van der Waals surface area contributed by atoms with Crippen molar-refractivity contribution in [3.8, 4) is 11.4 Å². The van der Waals surface area contributed by atoms with Gasteiger partial charge in [0.25, 0.3) is 0 Å². The fourth-order valence-electron chi connectivity index (χ4n) is 1.93. The molecule has 0 saturated carbocycles. The summed E-state index contributed by atoms with van der Waals surface area (Å²) in [5.41, 5.74) is 0.775. The number of carbonyl (C=O) groups is 1. The molecule has 0 saturated heterocycles. The van der Waals surface area contributed by atoms with Crippen LogP contribution < -0.4 is 4.74 Å². The standard InChI is InChI=1S/C16H11ClFN3O2S/c17-11-4-3-5-12(8-11)21-10-19-20-16(21)24-9-15(22)23-14-7-2-1-6-13(14)18/h1-8,10H,9H2. The van der Waals surface area contributed by atoms with Crippen LogP contribution in [0.1, 0.15) is 0 Å². The van der Waals surface area contributed by atoms with E-state index in [0.717, 1.165) is 17.4 Å². The fraction of sp³-hybridized carbons (Fsp3) is 0.0625. The van der Waals surface area contributed by atoms with Crippen molar-refractivity contribution in [2.45, 2.75) is 5.16 Å². The van der Waals surface area contributed by atoms with Crippen LogP contribution in [-0.4, -0.2) is 26.5 Å². The Morgan fingerprint density at radius 2 is 2.08 bits per heavy atom. The number of nitrogens with zero attached hydrogens (tertiary/aromatic N) is 3. The highest BCUT2D eigenvalue weighted by molar-refractivity contribution is 7.99. The molecule has 1 heterocycles. The molecule has 0 bridgehead atoms. The van der Waals surface area contributed by atoms with Crippen molar-refractivity contribution in [1.29, 1.82) is 0 Å². The lowest BCUT2D eigenvalue weighted by Gasteiger charge is -2.07. The molecule has 0 N–H and O–H groups in total. The highest BCUT2D eigenvalue weighted by atomic mass is 35.5. The van der Waals surface area contributed by atoms with Gasteiger partial charge in [-0.2, -0.15) is 0 Å². The fourth-order valence-corrected chi connectivity index (χ4v) is 2.82. The van der Waals surface area contributed by atoms with Crippen LogP contribution in [0.5, 0.6) is 5.75 Å². The first-order chi connectivity index (χ1) is 11.6. The number of para-hydroxylation sites is 1. The van der Waals surface area contributed by atoms with Crippen LogP contribution >= 0.6 is 23.4 Å². The SMILES string of the molecule is O=C(CSc1nncn1-c1cccc(Cl)c1)Oc1ccccc1F. The lowest BCUT2D eigenvalue weighted by Crippen LogP contribution is -2.12. The summed E-state index contributed by atoms with van der Waals surface area (Å²) in [6.45, 7) is 0. The van der Waals surface area contributed by atoms with Gasteiger partial charge in [-0.05, 0) is 30.3 Å². The number of rotatable bonds is 5. The molecule has 1 aromatic heterocycles. The molecular weight excluding hydrogens is 353 g/mol. The second-order valence-electron chi connectivity index (χ2n) is 4.66. The summed E-state index contributed by atoms with van der Waals surface area (Å²) in [4.78, 5) is 11.9. The maximum absolute atomic E-state index is 13.5. The Morgan fingerprint density at radius 1 is 1.25 bits per heavy atom. The number of hydrogen-bond donors (Lipinski definition) is 0. The van der Waals surface area contributed by atoms with Crippen LogP contribution in [0.2, 0.25) is 5.02 Å². The summed E-state index contributed by atoms with van der Waals surface area (Å²) in [6, 6.07) is 12.9. The molecule has 0 aliphatic rings. The summed E-state index contributed by atoms with van der Waals surface area (Å²) >= 11 is 7.11. The minimum atomic E-state index is -0.585. The third kappa shape index (κ3) is 3.93. The third-order valence-corrected chi connectivity index (χ3v) is 4.13. The lowest BCUT2D eigenvalue weighted by molar-refractivity contribution is -0.131. The summed E-state index contributed by atoms with van der Waals surface area (Å²) in [6.07, 6.45) is 1.52. The van der Waals surface area contributed by atoms with Crippen molar-refractivity contribution >= 4 is 29.3 Å². The van der Waals surface area contributed by atoms with E-state index >= 15 is 0 Å². The molecule has 0 fully saturated rings. The number of ether oxygens (including phenoxy) is 1. The van der Waals surface area contributed by atoms with Crippen LogP contribution in [0.15, 0.2) is 60.0 Å². The topological polar surface area (TPSA) is 57.0 Å². The van der Waals surface area contributed by atoms with Crippen LogP contribution in [-0.2, 0) is 4.79 Å². The highest BCUT2D eigenvalue weighted by Gasteiger charge is 2.13. The van der Waals surface area contributed by atoms with Crippen LogP contribution in [0.4, 0.5) is 4.39 Å². The first-order valence-corrected chi connectivity index (χ1v) is 8.24. The zero-order valence-corrected chi connectivity index (χ0v) is 13.8. The molecule has 3 rings (SSSR count). The van der Waals surface area contributed by atoms with Gasteiger partial charge in [-0.15, -0.1) is 10.2 Å². The predicted octanol–water partition coefficient (Wildman–Crippen LogP) is 3.76. The number of carbonyl (C=O) groups excluding carboxylic acids is 1. The monoisotopic (exact) mass is 363 g/mol. The Morgan fingerprint density at radius 3 is 2.88 bits per heavy atom. The van der Waals surface area contributed by atoms with Gasteiger partial charge < -0.3 is 4.74 Å². The Balaban J connectivity index is 1.67.